The molecule has 0 aliphatic rings. The van der Waals surface area contributed by atoms with Gasteiger partial charge in [-0.25, -0.2) is 8.93 Å². The van der Waals surface area contributed by atoms with Crippen molar-refractivity contribution in [2.24, 2.45) is 0 Å². The van der Waals surface area contributed by atoms with E-state index in [-0.39, 0.29) is 10.8 Å². The maximum absolute atomic E-state index is 12.4. The maximum atomic E-state index is 12.4. The van der Waals surface area contributed by atoms with Gasteiger partial charge in [0.2, 0.25) is 0 Å². The minimum Gasteiger partial charge on any atom is -0.242 e. The Morgan fingerprint density at radius 2 is 1.57 bits per heavy atom. The predicted octanol–water partition coefficient (Wildman–Crippen LogP) is 4.36. The summed E-state index contributed by atoms with van der Waals surface area (Å²) < 4.78 is 15.4. The molecule has 0 aromatic heterocycles. The van der Waals surface area contributed by atoms with Crippen LogP contribution >= 0.6 is 0 Å². The lowest BCUT2D eigenvalue weighted by Crippen LogP contribution is -2.39. The van der Waals surface area contributed by atoms with E-state index < -0.39 is 11.0 Å². The predicted molar refractivity (Wildman–Crippen MR) is 100 cm³/mol. The van der Waals surface area contributed by atoms with E-state index in [9.17, 15) is 4.21 Å². The van der Waals surface area contributed by atoms with E-state index >= 15 is 0 Å². The number of benzene rings is 2. The van der Waals surface area contributed by atoms with Gasteiger partial charge in [0.1, 0.15) is 0 Å². The lowest BCUT2D eigenvalue weighted by atomic mass is 10.1. The first-order chi connectivity index (χ1) is 10.9. The van der Waals surface area contributed by atoms with Gasteiger partial charge in [-0.3, -0.25) is 0 Å². The van der Waals surface area contributed by atoms with Crippen molar-refractivity contribution in [1.82, 2.24) is 4.72 Å². The quantitative estimate of drug-likeness (QED) is 0.839. The monoisotopic (exact) mass is 327 g/mol. The van der Waals surface area contributed by atoms with Crippen LogP contribution in [0.4, 0.5) is 0 Å². The second kappa shape index (κ2) is 8.23. The van der Waals surface area contributed by atoms with Crippen molar-refractivity contribution in [3.63, 3.8) is 0 Å². The Balaban J connectivity index is 2.14. The van der Waals surface area contributed by atoms with E-state index in [1.54, 1.807) is 0 Å². The number of hydrogen-bond donors (Lipinski definition) is 1. The van der Waals surface area contributed by atoms with Gasteiger partial charge in [-0.2, -0.15) is 0 Å². The number of rotatable bonds is 6. The highest BCUT2D eigenvalue weighted by Crippen LogP contribution is 2.13. The SMILES string of the molecule is CC(C)(C)S(=O)NC(/C=C/c1ccccc1)Cc1ccccc1. The summed E-state index contributed by atoms with van der Waals surface area (Å²) in [6.45, 7) is 5.95. The maximum Gasteiger partial charge on any atom is 0.0975 e. The van der Waals surface area contributed by atoms with Gasteiger partial charge in [0.05, 0.1) is 15.7 Å². The van der Waals surface area contributed by atoms with Crippen molar-refractivity contribution in [2.75, 3.05) is 0 Å². The summed E-state index contributed by atoms with van der Waals surface area (Å²) in [5.41, 5.74) is 2.38. The van der Waals surface area contributed by atoms with Crippen LogP contribution in [-0.4, -0.2) is 15.0 Å². The fourth-order valence-corrected chi connectivity index (χ4v) is 2.91. The topological polar surface area (TPSA) is 29.1 Å². The van der Waals surface area contributed by atoms with Crippen molar-refractivity contribution < 1.29 is 4.21 Å². The van der Waals surface area contributed by atoms with Crippen LogP contribution < -0.4 is 4.72 Å². The molecule has 0 spiro atoms. The second-order valence-electron chi connectivity index (χ2n) is 6.56. The summed E-state index contributed by atoms with van der Waals surface area (Å²) in [6, 6.07) is 20.5. The zero-order valence-corrected chi connectivity index (χ0v) is 14.8. The van der Waals surface area contributed by atoms with Crippen molar-refractivity contribution in [2.45, 2.75) is 38.0 Å². The van der Waals surface area contributed by atoms with Crippen LogP contribution in [0.5, 0.6) is 0 Å². The average molecular weight is 327 g/mol. The first-order valence-corrected chi connectivity index (χ1v) is 9.05. The molecule has 122 valence electrons. The van der Waals surface area contributed by atoms with Gasteiger partial charge in [-0.05, 0) is 38.3 Å². The molecule has 1 N–H and O–H groups in total. The Morgan fingerprint density at radius 3 is 2.13 bits per heavy atom. The zero-order valence-electron chi connectivity index (χ0n) is 14.0. The first kappa shape index (κ1) is 17.6. The zero-order chi connectivity index (χ0) is 16.7. The largest absolute Gasteiger partial charge is 0.242 e. The highest BCUT2D eigenvalue weighted by Gasteiger charge is 2.21. The van der Waals surface area contributed by atoms with E-state index in [4.69, 9.17) is 0 Å². The summed E-state index contributed by atoms with van der Waals surface area (Å²) in [4.78, 5) is 0. The minimum atomic E-state index is -1.10. The Labute approximate surface area is 142 Å². The van der Waals surface area contributed by atoms with Gasteiger partial charge >= 0.3 is 0 Å². The molecular weight excluding hydrogens is 302 g/mol. The lowest BCUT2D eigenvalue weighted by molar-refractivity contribution is 0.620. The van der Waals surface area contributed by atoms with E-state index in [0.29, 0.717) is 0 Å². The molecule has 2 unspecified atom stereocenters. The smallest absolute Gasteiger partial charge is 0.0975 e. The van der Waals surface area contributed by atoms with Crippen molar-refractivity contribution in [3.8, 4) is 0 Å². The highest BCUT2D eigenvalue weighted by atomic mass is 32.2. The van der Waals surface area contributed by atoms with Crippen LogP contribution in [0.15, 0.2) is 66.7 Å². The van der Waals surface area contributed by atoms with E-state index in [0.717, 1.165) is 12.0 Å². The third-order valence-corrected chi connectivity index (χ3v) is 5.06. The Kier molecular flexibility index (Phi) is 6.31. The molecular formula is C20H25NOS. The van der Waals surface area contributed by atoms with Gasteiger partial charge in [0, 0.05) is 6.04 Å². The lowest BCUT2D eigenvalue weighted by Gasteiger charge is -2.22. The second-order valence-corrected chi connectivity index (χ2v) is 8.56. The molecule has 0 fully saturated rings. The molecule has 0 saturated heterocycles. The van der Waals surface area contributed by atoms with E-state index in [1.807, 2.05) is 57.2 Å². The third-order valence-electron chi connectivity index (χ3n) is 3.43. The third kappa shape index (κ3) is 6.12. The molecule has 3 heteroatoms. The normalized spacial score (nSPS) is 14.7. The van der Waals surface area contributed by atoms with Crippen molar-refractivity contribution in [1.29, 1.82) is 0 Å². The number of nitrogens with one attached hydrogen (secondary N) is 1. The van der Waals surface area contributed by atoms with Crippen LogP contribution in [0.25, 0.3) is 6.08 Å². The Bertz CT molecular complexity index is 644. The minimum absolute atomic E-state index is 0.0256. The van der Waals surface area contributed by atoms with Crippen molar-refractivity contribution in [3.05, 3.63) is 77.9 Å². The molecule has 0 heterocycles. The van der Waals surface area contributed by atoms with Crippen LogP contribution in [0.1, 0.15) is 31.9 Å². The molecule has 0 bridgehead atoms. The molecule has 2 aromatic carbocycles. The summed E-state index contributed by atoms with van der Waals surface area (Å²) in [7, 11) is -1.10. The first-order valence-electron chi connectivity index (χ1n) is 7.90. The van der Waals surface area contributed by atoms with Gasteiger partial charge < -0.3 is 0 Å². The van der Waals surface area contributed by atoms with Gasteiger partial charge in [-0.15, -0.1) is 0 Å². The van der Waals surface area contributed by atoms with Crippen molar-refractivity contribution >= 4 is 17.1 Å². The molecule has 2 aromatic rings. The van der Waals surface area contributed by atoms with Crippen LogP contribution in [0.2, 0.25) is 0 Å². The number of hydrogen-bond acceptors (Lipinski definition) is 1. The molecule has 2 atom stereocenters. The van der Waals surface area contributed by atoms with Crippen LogP contribution in [-0.2, 0) is 17.4 Å². The molecule has 23 heavy (non-hydrogen) atoms. The van der Waals surface area contributed by atoms with E-state index in [2.05, 4.69) is 41.1 Å². The van der Waals surface area contributed by atoms with Gasteiger partial charge in [-0.1, -0.05) is 72.8 Å². The molecule has 0 amide bonds. The molecule has 0 saturated carbocycles. The molecule has 2 nitrogen and oxygen atoms in total. The Morgan fingerprint density at radius 1 is 1.00 bits per heavy atom. The van der Waals surface area contributed by atoms with Crippen LogP contribution in [0.3, 0.4) is 0 Å². The summed E-state index contributed by atoms with van der Waals surface area (Å²) in [6.07, 6.45) is 5.00. The fraction of sp³-hybridized carbons (Fsp3) is 0.300. The van der Waals surface area contributed by atoms with Crippen LogP contribution in [0, 0.1) is 0 Å². The molecule has 0 radical (unpaired) electrons. The molecule has 0 aliphatic heterocycles. The standard InChI is InChI=1S/C20H25NOS/c1-20(2,3)23(22)21-19(16-18-12-8-5-9-13-18)15-14-17-10-6-4-7-11-17/h4-15,19,21H,16H2,1-3H3/b15-14+. The fourth-order valence-electron chi connectivity index (χ4n) is 2.12. The van der Waals surface area contributed by atoms with Gasteiger partial charge in [0.15, 0.2) is 0 Å². The average Bonchev–Trinajstić information content (AvgIpc) is 2.53. The summed E-state index contributed by atoms with van der Waals surface area (Å²) in [5, 5.41) is 0. The van der Waals surface area contributed by atoms with E-state index in [1.165, 1.54) is 5.56 Å². The Hall–Kier alpha value is -1.71. The summed E-state index contributed by atoms with van der Waals surface area (Å²) >= 11 is 0. The van der Waals surface area contributed by atoms with Gasteiger partial charge in [0.25, 0.3) is 0 Å². The molecule has 0 aliphatic carbocycles. The highest BCUT2D eigenvalue weighted by molar-refractivity contribution is 7.84. The summed E-state index contributed by atoms with van der Waals surface area (Å²) in [5.74, 6) is 0. The molecule has 2 rings (SSSR count).